The Morgan fingerprint density at radius 2 is 2.30 bits per heavy atom. The van der Waals surface area contributed by atoms with Gasteiger partial charge in [0.05, 0.1) is 19.1 Å². The van der Waals surface area contributed by atoms with Crippen LogP contribution < -0.4 is 0 Å². The predicted molar refractivity (Wildman–Crippen MR) is 71.8 cm³/mol. The molecule has 6 nitrogen and oxygen atoms in total. The maximum atomic E-state index is 11.0. The highest BCUT2D eigenvalue weighted by Gasteiger charge is 2.11. The minimum Gasteiger partial charge on any atom is -0.469 e. The number of rotatable bonds is 7. The van der Waals surface area contributed by atoms with Crippen LogP contribution in [0.3, 0.4) is 0 Å². The predicted octanol–water partition coefficient (Wildman–Crippen LogP) is 2.32. The second-order valence-electron chi connectivity index (χ2n) is 4.58. The van der Waals surface area contributed by atoms with Crippen molar-refractivity contribution in [1.29, 1.82) is 0 Å². The molecule has 108 valence electrons. The lowest BCUT2D eigenvalue weighted by Gasteiger charge is -2.13. The molecule has 0 aliphatic heterocycles. The van der Waals surface area contributed by atoms with Gasteiger partial charge in [0.1, 0.15) is 0 Å². The summed E-state index contributed by atoms with van der Waals surface area (Å²) in [5.74, 6) is 1.10. The van der Waals surface area contributed by atoms with Crippen molar-refractivity contribution in [3.05, 3.63) is 30.2 Å². The van der Waals surface area contributed by atoms with E-state index in [1.165, 1.54) is 7.11 Å². The zero-order chi connectivity index (χ0) is 14.4. The van der Waals surface area contributed by atoms with E-state index in [1.54, 1.807) is 12.3 Å². The molecule has 0 radical (unpaired) electrons. The first-order valence-corrected chi connectivity index (χ1v) is 6.44. The van der Waals surface area contributed by atoms with Gasteiger partial charge >= 0.3 is 5.97 Å². The van der Waals surface area contributed by atoms with Crippen molar-refractivity contribution in [2.45, 2.75) is 19.4 Å². The third-order valence-electron chi connectivity index (χ3n) is 2.90. The fourth-order valence-corrected chi connectivity index (χ4v) is 1.87. The van der Waals surface area contributed by atoms with Gasteiger partial charge in [0, 0.05) is 19.0 Å². The Kier molecular flexibility index (Phi) is 4.95. The summed E-state index contributed by atoms with van der Waals surface area (Å²) in [7, 11) is 3.37. The SMILES string of the molecule is COC(=O)CCCN(C)Cc1cc(-c2ccco2)on1. The van der Waals surface area contributed by atoms with Gasteiger partial charge in [-0.1, -0.05) is 5.16 Å². The fraction of sp³-hybridized carbons (Fsp3) is 0.429. The fourth-order valence-electron chi connectivity index (χ4n) is 1.87. The Labute approximate surface area is 117 Å². The van der Waals surface area contributed by atoms with E-state index >= 15 is 0 Å². The van der Waals surface area contributed by atoms with Crippen LogP contribution in [0.1, 0.15) is 18.5 Å². The molecular weight excluding hydrogens is 260 g/mol. The third-order valence-corrected chi connectivity index (χ3v) is 2.90. The monoisotopic (exact) mass is 278 g/mol. The second-order valence-corrected chi connectivity index (χ2v) is 4.58. The summed E-state index contributed by atoms with van der Waals surface area (Å²) >= 11 is 0. The highest BCUT2D eigenvalue weighted by atomic mass is 16.5. The van der Waals surface area contributed by atoms with Crippen LogP contribution in [0.5, 0.6) is 0 Å². The van der Waals surface area contributed by atoms with Crippen molar-refractivity contribution in [2.24, 2.45) is 0 Å². The maximum Gasteiger partial charge on any atom is 0.305 e. The number of carbonyl (C=O) groups is 1. The Hall–Kier alpha value is -2.08. The third kappa shape index (κ3) is 3.96. The van der Waals surface area contributed by atoms with Crippen LogP contribution >= 0.6 is 0 Å². The minimum atomic E-state index is -0.181. The smallest absolute Gasteiger partial charge is 0.305 e. The normalized spacial score (nSPS) is 10.9. The van der Waals surface area contributed by atoms with E-state index in [-0.39, 0.29) is 5.97 Å². The van der Waals surface area contributed by atoms with Crippen molar-refractivity contribution in [3.63, 3.8) is 0 Å². The summed E-state index contributed by atoms with van der Waals surface area (Å²) in [5, 5.41) is 4.00. The maximum absolute atomic E-state index is 11.0. The molecule has 0 saturated heterocycles. The zero-order valence-corrected chi connectivity index (χ0v) is 11.7. The Morgan fingerprint density at radius 1 is 1.45 bits per heavy atom. The van der Waals surface area contributed by atoms with E-state index in [2.05, 4.69) is 14.8 Å². The van der Waals surface area contributed by atoms with E-state index in [1.807, 2.05) is 19.2 Å². The van der Waals surface area contributed by atoms with Crippen molar-refractivity contribution >= 4 is 5.97 Å². The van der Waals surface area contributed by atoms with Crippen LogP contribution in [0.15, 0.2) is 33.4 Å². The van der Waals surface area contributed by atoms with Gasteiger partial charge in [-0.3, -0.25) is 4.79 Å². The number of carbonyl (C=O) groups excluding carboxylic acids is 1. The summed E-state index contributed by atoms with van der Waals surface area (Å²) in [4.78, 5) is 13.1. The van der Waals surface area contributed by atoms with Crippen LogP contribution in [0.2, 0.25) is 0 Å². The number of esters is 1. The molecule has 0 aliphatic rings. The molecule has 0 fully saturated rings. The molecule has 0 amide bonds. The van der Waals surface area contributed by atoms with Crippen LogP contribution in [0.4, 0.5) is 0 Å². The summed E-state index contributed by atoms with van der Waals surface area (Å²) < 4.78 is 15.1. The number of hydrogen-bond donors (Lipinski definition) is 0. The zero-order valence-electron chi connectivity index (χ0n) is 11.7. The van der Waals surface area contributed by atoms with Crippen LogP contribution in [0, 0.1) is 0 Å². The lowest BCUT2D eigenvalue weighted by Crippen LogP contribution is -2.20. The van der Waals surface area contributed by atoms with Gasteiger partial charge in [-0.2, -0.15) is 0 Å². The molecule has 2 heterocycles. The topological polar surface area (TPSA) is 68.7 Å². The van der Waals surface area contributed by atoms with E-state index < -0.39 is 0 Å². The second kappa shape index (κ2) is 6.91. The lowest BCUT2D eigenvalue weighted by atomic mass is 10.2. The highest BCUT2D eigenvalue weighted by Crippen LogP contribution is 2.20. The summed E-state index contributed by atoms with van der Waals surface area (Å²) in [6.07, 6.45) is 2.78. The number of furan rings is 1. The van der Waals surface area contributed by atoms with Gasteiger partial charge in [-0.15, -0.1) is 0 Å². The van der Waals surface area contributed by atoms with Gasteiger partial charge in [-0.05, 0) is 32.1 Å². The van der Waals surface area contributed by atoms with Crippen molar-refractivity contribution in [3.8, 4) is 11.5 Å². The molecule has 2 aromatic heterocycles. The molecule has 2 rings (SSSR count). The molecular formula is C14H18N2O4. The van der Waals surface area contributed by atoms with Crippen molar-refractivity contribution in [1.82, 2.24) is 10.1 Å². The summed E-state index contributed by atoms with van der Waals surface area (Å²) in [5.41, 5.74) is 0.831. The average Bonchev–Trinajstić information content (AvgIpc) is 3.08. The molecule has 0 aromatic carbocycles. The van der Waals surface area contributed by atoms with Gasteiger partial charge in [0.25, 0.3) is 0 Å². The molecule has 0 N–H and O–H groups in total. The van der Waals surface area contributed by atoms with Crippen molar-refractivity contribution < 1.29 is 18.5 Å². The first-order chi connectivity index (χ1) is 9.69. The lowest BCUT2D eigenvalue weighted by molar-refractivity contribution is -0.140. The summed E-state index contributed by atoms with van der Waals surface area (Å²) in [6.45, 7) is 1.45. The van der Waals surface area contributed by atoms with Gasteiger partial charge in [0.15, 0.2) is 5.76 Å². The molecule has 0 unspecified atom stereocenters. The van der Waals surface area contributed by atoms with Crippen LogP contribution in [-0.4, -0.2) is 36.7 Å². The van der Waals surface area contributed by atoms with E-state index in [0.717, 1.165) is 18.7 Å². The largest absolute Gasteiger partial charge is 0.469 e. The Morgan fingerprint density at radius 3 is 3.00 bits per heavy atom. The van der Waals surface area contributed by atoms with Gasteiger partial charge < -0.3 is 18.6 Å². The number of aromatic nitrogens is 1. The van der Waals surface area contributed by atoms with Crippen LogP contribution in [0.25, 0.3) is 11.5 Å². The standard InChI is InChI=1S/C14H18N2O4/c1-16(7-3-6-14(17)18-2)10-11-9-13(20-15-11)12-5-4-8-19-12/h4-5,8-9H,3,6-7,10H2,1-2H3. The quantitative estimate of drug-likeness (QED) is 0.724. The molecule has 2 aromatic rings. The van der Waals surface area contributed by atoms with Crippen LogP contribution in [-0.2, 0) is 16.1 Å². The highest BCUT2D eigenvalue weighted by molar-refractivity contribution is 5.69. The average molecular weight is 278 g/mol. The molecule has 0 atom stereocenters. The molecule has 0 spiro atoms. The molecule has 0 saturated carbocycles. The number of hydrogen-bond acceptors (Lipinski definition) is 6. The van der Waals surface area contributed by atoms with Gasteiger partial charge in [-0.25, -0.2) is 0 Å². The van der Waals surface area contributed by atoms with E-state index in [4.69, 9.17) is 8.94 Å². The molecule has 0 bridgehead atoms. The van der Waals surface area contributed by atoms with Crippen molar-refractivity contribution in [2.75, 3.05) is 20.7 Å². The minimum absolute atomic E-state index is 0.181. The summed E-state index contributed by atoms with van der Waals surface area (Å²) in [6, 6.07) is 5.48. The first kappa shape index (κ1) is 14.3. The Bertz CT molecular complexity index is 533. The number of ether oxygens (including phenoxy) is 1. The van der Waals surface area contributed by atoms with E-state index in [9.17, 15) is 4.79 Å². The van der Waals surface area contributed by atoms with E-state index in [0.29, 0.717) is 24.5 Å². The molecule has 0 aliphatic carbocycles. The van der Waals surface area contributed by atoms with Gasteiger partial charge in [0.2, 0.25) is 5.76 Å². The first-order valence-electron chi connectivity index (χ1n) is 6.44. The number of nitrogens with zero attached hydrogens (tertiary/aromatic N) is 2. The Balaban J connectivity index is 1.80. The number of methoxy groups -OCH3 is 1. The molecule has 6 heteroatoms. The molecule has 20 heavy (non-hydrogen) atoms.